The molecule has 0 spiro atoms. The van der Waals surface area contributed by atoms with Crippen LogP contribution in [0.5, 0.6) is 0 Å². The number of hydrogen-bond acceptors (Lipinski definition) is 0. The van der Waals surface area contributed by atoms with E-state index < -0.39 is 0 Å². The van der Waals surface area contributed by atoms with Crippen LogP contribution >= 0.6 is 0 Å². The molecule has 114 heavy (non-hydrogen) atoms. The lowest BCUT2D eigenvalue weighted by Crippen LogP contribution is -2.75. The van der Waals surface area contributed by atoms with Crippen LogP contribution in [-0.2, 0) is 48.7 Å². The van der Waals surface area contributed by atoms with Crippen molar-refractivity contribution in [2.24, 2.45) is 63.1 Å². The Labute approximate surface area is 684 Å². The molecule has 20 saturated carbocycles. The monoisotopic (exact) mass is 1490 g/mol. The highest BCUT2D eigenvalue weighted by molar-refractivity contribution is 5.52. The summed E-state index contributed by atoms with van der Waals surface area (Å²) in [6, 6.07) is 111. The van der Waals surface area contributed by atoms with Crippen LogP contribution in [0.4, 0.5) is 0 Å². The highest BCUT2D eigenvalue weighted by Crippen LogP contribution is 2.87. The molecule has 10 aromatic rings. The summed E-state index contributed by atoms with van der Waals surface area (Å²) in [6.45, 7) is 8.92. The molecule has 7 unspecified atom stereocenters. The number of hydrogen-bond donors (Lipinski definition) is 0. The van der Waals surface area contributed by atoms with Crippen LogP contribution in [-0.4, -0.2) is 0 Å². The van der Waals surface area contributed by atoms with E-state index in [1.54, 1.807) is 94.2 Å². The molecule has 0 aromatic heterocycles. The molecule has 0 heteroatoms. The maximum atomic E-state index is 2.53. The molecular formula is C114H124. The molecular weight excluding hydrogens is 1370 g/mol. The Morgan fingerprint density at radius 3 is 0.684 bits per heavy atom. The fraction of sp³-hybridized carbons (Fsp3) is 0.474. The van der Waals surface area contributed by atoms with E-state index in [-0.39, 0.29) is 43.3 Å². The summed E-state index contributed by atoms with van der Waals surface area (Å²) in [5.74, 6) is 7.55. The summed E-state index contributed by atoms with van der Waals surface area (Å²) in [5, 5.41) is 0. The summed E-state index contributed by atoms with van der Waals surface area (Å²) >= 11 is 0. The maximum absolute atomic E-state index is 2.53. The van der Waals surface area contributed by atoms with Crippen molar-refractivity contribution in [2.75, 3.05) is 0 Å². The molecule has 7 atom stereocenters. The fourth-order valence-electron chi connectivity index (χ4n) is 35.9. The molecule has 30 rings (SSSR count). The molecule has 20 aliphatic carbocycles. The van der Waals surface area contributed by atoms with Gasteiger partial charge in [-0.25, -0.2) is 0 Å². The minimum atomic E-state index is 0.116. The van der Waals surface area contributed by atoms with Gasteiger partial charge in [0.05, 0.1) is 0 Å². The van der Waals surface area contributed by atoms with Gasteiger partial charge in [-0.15, -0.1) is 0 Å². The number of aryl methyl sites for hydroxylation is 4. The van der Waals surface area contributed by atoms with Crippen molar-refractivity contribution in [1.82, 2.24) is 0 Å². The van der Waals surface area contributed by atoms with Crippen molar-refractivity contribution >= 4 is 0 Å². The van der Waals surface area contributed by atoms with Crippen molar-refractivity contribution in [3.05, 3.63) is 357 Å². The fourth-order valence-corrected chi connectivity index (χ4v) is 35.9. The minimum Gasteiger partial charge on any atom is -0.0622 e. The van der Waals surface area contributed by atoms with E-state index in [0.29, 0.717) is 27.1 Å². The Hall–Kier alpha value is -7.80. The molecule has 0 N–H and O–H groups in total. The van der Waals surface area contributed by atoms with Gasteiger partial charge in [-0.3, -0.25) is 0 Å². The van der Waals surface area contributed by atoms with Crippen molar-refractivity contribution in [1.29, 1.82) is 0 Å². The van der Waals surface area contributed by atoms with Gasteiger partial charge < -0.3 is 0 Å². The van der Waals surface area contributed by atoms with Gasteiger partial charge in [0.15, 0.2) is 0 Å². The normalized spacial score (nSPS) is 41.1. The zero-order chi connectivity index (χ0) is 76.2. The molecule has 0 amide bonds. The SMILES string of the molecule is Cc1ccc(C23CC4CC(C2)CC(C25CC6CC(CC(c7ccc(C)cc7)(C6)C2)C5)(C4)C3)cc1.Cc1ccc(C2C3CC4CC(C3)CC2(c2ccc(C)cc2)C4)cc1.c1ccc(C23CC4(c5ccccc5)CC(c5ccccc5)(C2)CC(C25CC6(c7ccccc7)CC(c7ccccc7)(CC(c7ccccc7)(C6)C2)C5)(C3)C4)cc1. The first-order valence-corrected chi connectivity index (χ1v) is 46.0. The number of benzene rings is 10. The third-order valence-corrected chi connectivity index (χ3v) is 37.5. The third-order valence-electron chi connectivity index (χ3n) is 37.5. The van der Waals surface area contributed by atoms with E-state index in [2.05, 4.69) is 307 Å². The first kappa shape index (κ1) is 71.5. The molecule has 20 bridgehead atoms. The molecule has 580 valence electrons. The second-order valence-corrected chi connectivity index (χ2v) is 44.4. The van der Waals surface area contributed by atoms with Gasteiger partial charge in [-0.05, 0) is 382 Å². The van der Waals surface area contributed by atoms with Gasteiger partial charge in [0.2, 0.25) is 0 Å². The average Bonchev–Trinajstić information content (AvgIpc) is 0.637. The van der Waals surface area contributed by atoms with E-state index in [1.165, 1.54) is 170 Å². The third kappa shape index (κ3) is 10.8. The van der Waals surface area contributed by atoms with Crippen molar-refractivity contribution in [3.8, 4) is 0 Å². The zero-order valence-corrected chi connectivity index (χ0v) is 69.2. The van der Waals surface area contributed by atoms with Crippen molar-refractivity contribution in [3.63, 3.8) is 0 Å². The van der Waals surface area contributed by atoms with Gasteiger partial charge >= 0.3 is 0 Å². The van der Waals surface area contributed by atoms with Crippen LogP contribution in [0.2, 0.25) is 0 Å². The lowest BCUT2D eigenvalue weighted by molar-refractivity contribution is -0.236. The first-order chi connectivity index (χ1) is 55.4. The molecule has 0 radical (unpaired) electrons. The summed E-state index contributed by atoms with van der Waals surface area (Å²) in [5.41, 5.74) is 25.5. The van der Waals surface area contributed by atoms with Crippen LogP contribution in [0, 0.1) is 90.8 Å². The molecule has 0 aliphatic heterocycles. The van der Waals surface area contributed by atoms with Gasteiger partial charge in [-0.1, -0.05) is 301 Å². The highest BCUT2D eigenvalue weighted by Gasteiger charge is 2.80. The lowest BCUT2D eigenvalue weighted by atomic mass is 9.23. The summed E-state index contributed by atoms with van der Waals surface area (Å²) in [7, 11) is 0. The molecule has 20 fully saturated rings. The molecule has 0 nitrogen and oxygen atoms in total. The molecule has 20 aliphatic rings. The molecule has 0 heterocycles. The van der Waals surface area contributed by atoms with Gasteiger partial charge in [0.1, 0.15) is 0 Å². The van der Waals surface area contributed by atoms with Crippen LogP contribution in [0.1, 0.15) is 270 Å². The highest BCUT2D eigenvalue weighted by atomic mass is 14.8. The summed E-state index contributed by atoms with van der Waals surface area (Å²) < 4.78 is 0. The second-order valence-electron chi connectivity index (χ2n) is 44.4. The van der Waals surface area contributed by atoms with Crippen molar-refractivity contribution in [2.45, 2.75) is 269 Å². The van der Waals surface area contributed by atoms with E-state index >= 15 is 0 Å². The van der Waals surface area contributed by atoms with E-state index in [0.717, 1.165) is 47.3 Å². The average molecular weight is 1490 g/mol. The summed E-state index contributed by atoms with van der Waals surface area (Å²) in [4.78, 5) is 0. The smallest absolute Gasteiger partial charge is 0.00295 e. The van der Waals surface area contributed by atoms with Gasteiger partial charge in [0.25, 0.3) is 0 Å². The molecule has 10 aromatic carbocycles. The zero-order valence-electron chi connectivity index (χ0n) is 69.2. The van der Waals surface area contributed by atoms with Crippen LogP contribution in [0.15, 0.2) is 279 Å². The second kappa shape index (κ2) is 25.6. The Morgan fingerprint density at radius 2 is 0.412 bits per heavy atom. The Morgan fingerprint density at radius 1 is 0.184 bits per heavy atom. The predicted molar refractivity (Wildman–Crippen MR) is 469 cm³/mol. The van der Waals surface area contributed by atoms with Crippen molar-refractivity contribution < 1.29 is 0 Å². The first-order valence-electron chi connectivity index (χ1n) is 46.0. The quantitative estimate of drug-likeness (QED) is 0.114. The lowest BCUT2D eigenvalue weighted by Gasteiger charge is -2.81. The standard InChI is InChI=1S/C56H54.C34H42.C24H28/c1-7-19-43(20-8-1)49-31-50(44-21-9-2-10-22-44)33-51(32-49,45-23-11-3-12-24-45)39-55(37-49,38-50)56-40-52(46-25-13-4-14-26-46)34-53(41-56,47-27-15-5-16-28-47)36-54(35-52,42-56)48-29-17-6-18-30-48;1-23-3-7-29(8-4-23)31-13-25-11-26(14-31)18-33(17-25,21-31)34-19-27-12-28(20-34)16-32(15-27,22-34)30-9-5-24(2)6-10-30;1-16-3-7-20(8-4-16)23-21-12-18-11-19(13-21)15-24(23,14-18)22-9-5-17(2)6-10-22/h1-30H,31-42H2;3-10,25-28H,11-22H2,1-2H3;3-10,18-19,21,23H,11-15H2,1-2H3. The van der Waals surface area contributed by atoms with E-state index in [4.69, 9.17) is 0 Å². The topological polar surface area (TPSA) is 0 Å². The van der Waals surface area contributed by atoms with Gasteiger partial charge in [-0.2, -0.15) is 0 Å². The van der Waals surface area contributed by atoms with Crippen LogP contribution in [0.25, 0.3) is 0 Å². The Balaban J connectivity index is 0.000000112. The summed E-state index contributed by atoms with van der Waals surface area (Å²) in [6.07, 6.45) is 41.1. The predicted octanol–water partition coefficient (Wildman–Crippen LogP) is 28.2. The van der Waals surface area contributed by atoms with E-state index in [9.17, 15) is 0 Å². The van der Waals surface area contributed by atoms with Gasteiger partial charge in [0, 0.05) is 5.41 Å². The Bertz CT molecular complexity index is 4610. The van der Waals surface area contributed by atoms with Crippen LogP contribution in [0.3, 0.4) is 0 Å². The maximum Gasteiger partial charge on any atom is 0.00295 e. The minimum absolute atomic E-state index is 0.116. The largest absolute Gasteiger partial charge is 0.0622 e. The van der Waals surface area contributed by atoms with Crippen LogP contribution < -0.4 is 0 Å². The number of rotatable bonds is 12. The van der Waals surface area contributed by atoms with E-state index in [1.807, 2.05) is 0 Å². The molecule has 0 saturated heterocycles. The Kier molecular flexibility index (Phi) is 16.1.